The van der Waals surface area contributed by atoms with Gasteiger partial charge in [-0.2, -0.15) is 5.26 Å². The number of carbonyl (C=O) groups is 3. The van der Waals surface area contributed by atoms with Crippen molar-refractivity contribution in [3.63, 3.8) is 0 Å². The van der Waals surface area contributed by atoms with E-state index in [9.17, 15) is 19.6 Å². The van der Waals surface area contributed by atoms with Gasteiger partial charge in [-0.1, -0.05) is 44.0 Å². The molecule has 4 N–H and O–H groups in total. The number of nitrogens with one attached hydrogen (secondary N) is 4. The van der Waals surface area contributed by atoms with Gasteiger partial charge in [-0.05, 0) is 49.3 Å². The van der Waals surface area contributed by atoms with Crippen LogP contribution in [-0.4, -0.2) is 41.3 Å². The normalized spacial score (nSPS) is 18.0. The van der Waals surface area contributed by atoms with E-state index in [1.807, 2.05) is 20.8 Å². The number of carbonyl (C=O) groups excluding carboxylic acids is 3. The van der Waals surface area contributed by atoms with Gasteiger partial charge in [0, 0.05) is 17.8 Å². The number of H-pyrrole nitrogens is 1. The summed E-state index contributed by atoms with van der Waals surface area (Å²) in [6, 6.07) is 5.21. The van der Waals surface area contributed by atoms with Crippen LogP contribution in [0.15, 0.2) is 18.2 Å². The summed E-state index contributed by atoms with van der Waals surface area (Å²) in [5.74, 6) is -1.39. The highest BCUT2D eigenvalue weighted by molar-refractivity contribution is 6.40. The number of nitrogens with zero attached hydrogens (tertiary/aromatic N) is 1. The molecule has 0 radical (unpaired) electrons. The molecule has 0 saturated carbocycles. The maximum absolute atomic E-state index is 13.1. The fraction of sp³-hybridized carbons (Fsp3) is 0.500. The smallest absolute Gasteiger partial charge is 0.268 e. The van der Waals surface area contributed by atoms with Gasteiger partial charge in [0.05, 0.1) is 21.6 Å². The number of aromatic amines is 1. The summed E-state index contributed by atoms with van der Waals surface area (Å²) in [6.07, 6.45) is 2.08. The molecule has 1 aliphatic heterocycles. The van der Waals surface area contributed by atoms with Gasteiger partial charge in [-0.25, -0.2) is 0 Å². The second-order valence-electron chi connectivity index (χ2n) is 9.85. The minimum atomic E-state index is -0.888. The van der Waals surface area contributed by atoms with Crippen molar-refractivity contribution in [1.82, 2.24) is 20.9 Å². The number of piperidine rings is 1. The van der Waals surface area contributed by atoms with Gasteiger partial charge < -0.3 is 20.9 Å². The molecule has 3 rings (SSSR count). The fourth-order valence-electron chi connectivity index (χ4n) is 4.09. The molecule has 0 bridgehead atoms. The Labute approximate surface area is 208 Å². The van der Waals surface area contributed by atoms with E-state index in [0.717, 1.165) is 6.42 Å². The monoisotopic (exact) mass is 505 g/mol. The summed E-state index contributed by atoms with van der Waals surface area (Å²) in [5, 5.41) is 19.3. The van der Waals surface area contributed by atoms with Gasteiger partial charge >= 0.3 is 0 Å². The molecule has 0 unspecified atom stereocenters. The number of nitriles is 1. The van der Waals surface area contributed by atoms with Crippen LogP contribution < -0.4 is 16.0 Å². The third-order valence-corrected chi connectivity index (χ3v) is 6.41. The summed E-state index contributed by atoms with van der Waals surface area (Å²) in [7, 11) is 0. The third-order valence-electron chi connectivity index (χ3n) is 5.76. The molecule has 1 aromatic heterocycles. The van der Waals surface area contributed by atoms with E-state index in [4.69, 9.17) is 23.2 Å². The molecule has 1 fully saturated rings. The predicted molar refractivity (Wildman–Crippen MR) is 132 cm³/mol. The van der Waals surface area contributed by atoms with E-state index in [2.05, 4.69) is 27.0 Å². The molecular weight excluding hydrogens is 477 g/mol. The second kappa shape index (κ2) is 10.7. The Morgan fingerprint density at radius 1 is 1.24 bits per heavy atom. The number of aromatic nitrogens is 1. The maximum Gasteiger partial charge on any atom is 0.268 e. The Morgan fingerprint density at radius 3 is 2.56 bits per heavy atom. The SMILES string of the molecule is CC(C)(C)C[C@H](NC(=O)c1cc2c(Cl)ccc(Cl)c2[nH]1)C(=O)N[C@H](C#N)C[C@@H]1CCCNC1=O. The quantitative estimate of drug-likeness (QED) is 0.454. The van der Waals surface area contributed by atoms with Gasteiger partial charge in [-0.3, -0.25) is 14.4 Å². The van der Waals surface area contributed by atoms with Gasteiger partial charge in [0.15, 0.2) is 0 Å². The molecular formula is C24H29Cl2N5O3. The third kappa shape index (κ3) is 6.43. The highest BCUT2D eigenvalue weighted by atomic mass is 35.5. The molecule has 34 heavy (non-hydrogen) atoms. The Hall–Kier alpha value is -2.76. The molecule has 2 aromatic rings. The van der Waals surface area contributed by atoms with Crippen LogP contribution in [-0.2, 0) is 9.59 Å². The van der Waals surface area contributed by atoms with E-state index in [1.54, 1.807) is 18.2 Å². The van der Waals surface area contributed by atoms with Crippen molar-refractivity contribution in [1.29, 1.82) is 5.26 Å². The van der Waals surface area contributed by atoms with Crippen molar-refractivity contribution in [3.05, 3.63) is 33.9 Å². The van der Waals surface area contributed by atoms with Crippen LogP contribution in [0.5, 0.6) is 0 Å². The lowest BCUT2D eigenvalue weighted by molar-refractivity contribution is -0.128. The average Bonchev–Trinajstić information content (AvgIpc) is 3.23. The van der Waals surface area contributed by atoms with Crippen LogP contribution in [0.4, 0.5) is 0 Å². The molecule has 0 aliphatic carbocycles. The van der Waals surface area contributed by atoms with Crippen molar-refractivity contribution in [3.8, 4) is 6.07 Å². The van der Waals surface area contributed by atoms with Crippen molar-refractivity contribution in [2.45, 2.75) is 58.5 Å². The first kappa shape index (κ1) is 25.9. The Kier molecular flexibility index (Phi) is 8.11. The van der Waals surface area contributed by atoms with Gasteiger partial charge in [0.2, 0.25) is 11.8 Å². The first-order chi connectivity index (χ1) is 16.0. The number of benzene rings is 1. The number of fused-ring (bicyclic) bond motifs is 1. The largest absolute Gasteiger partial charge is 0.356 e. The molecule has 2 heterocycles. The molecule has 182 valence electrons. The van der Waals surface area contributed by atoms with Crippen LogP contribution in [0.2, 0.25) is 10.0 Å². The van der Waals surface area contributed by atoms with E-state index in [-0.39, 0.29) is 29.4 Å². The van der Waals surface area contributed by atoms with Gasteiger partial charge in [0.1, 0.15) is 17.8 Å². The minimum absolute atomic E-state index is 0.101. The minimum Gasteiger partial charge on any atom is -0.356 e. The standard InChI is InChI=1S/C24H29Cl2N5O3/c1-24(2,3)11-19(23(34)29-14(12-27)9-13-5-4-8-28-21(13)32)31-22(33)18-10-15-16(25)6-7-17(26)20(15)30-18/h6-7,10,13-14,19,30H,4-5,8-9,11H2,1-3H3,(H,28,32)(H,29,34)(H,31,33)/t13-,14-,19-/m0/s1. The lowest BCUT2D eigenvalue weighted by atomic mass is 9.87. The van der Waals surface area contributed by atoms with Crippen molar-refractivity contribution in [2.24, 2.45) is 11.3 Å². The van der Waals surface area contributed by atoms with Crippen LogP contribution in [0.3, 0.4) is 0 Å². The number of hydrogen-bond donors (Lipinski definition) is 4. The summed E-state index contributed by atoms with van der Waals surface area (Å²) in [4.78, 5) is 41.2. The molecule has 1 aliphatic rings. The highest BCUT2D eigenvalue weighted by Gasteiger charge is 2.31. The van der Waals surface area contributed by atoms with Gasteiger partial charge in [0.25, 0.3) is 5.91 Å². The van der Waals surface area contributed by atoms with Crippen molar-refractivity contribution >= 4 is 51.8 Å². The van der Waals surface area contributed by atoms with E-state index < -0.39 is 23.9 Å². The highest BCUT2D eigenvalue weighted by Crippen LogP contribution is 2.30. The van der Waals surface area contributed by atoms with Crippen molar-refractivity contribution < 1.29 is 14.4 Å². The van der Waals surface area contributed by atoms with E-state index >= 15 is 0 Å². The van der Waals surface area contributed by atoms with Gasteiger partial charge in [-0.15, -0.1) is 0 Å². The van der Waals surface area contributed by atoms with Crippen LogP contribution in [0, 0.1) is 22.7 Å². The topological polar surface area (TPSA) is 127 Å². The fourth-order valence-corrected chi connectivity index (χ4v) is 4.52. The Bertz CT molecular complexity index is 1090. The number of halogens is 2. The van der Waals surface area contributed by atoms with Crippen LogP contribution in [0.25, 0.3) is 10.9 Å². The van der Waals surface area contributed by atoms with Crippen LogP contribution in [0.1, 0.15) is 56.9 Å². The zero-order valence-corrected chi connectivity index (χ0v) is 20.9. The zero-order chi connectivity index (χ0) is 25.0. The summed E-state index contributed by atoms with van der Waals surface area (Å²) in [5.41, 5.74) is 0.465. The predicted octanol–water partition coefficient (Wildman–Crippen LogP) is 3.93. The molecule has 1 saturated heterocycles. The van der Waals surface area contributed by atoms with E-state index in [0.29, 0.717) is 40.3 Å². The molecule has 3 atom stereocenters. The molecule has 1 aromatic carbocycles. The molecule has 0 spiro atoms. The first-order valence-corrected chi connectivity index (χ1v) is 12.0. The van der Waals surface area contributed by atoms with Crippen LogP contribution >= 0.6 is 23.2 Å². The number of amides is 3. The van der Waals surface area contributed by atoms with E-state index in [1.165, 1.54) is 0 Å². The average molecular weight is 506 g/mol. The maximum atomic E-state index is 13.1. The molecule has 10 heteroatoms. The first-order valence-electron chi connectivity index (χ1n) is 11.2. The van der Waals surface area contributed by atoms with Crippen molar-refractivity contribution in [2.75, 3.05) is 6.54 Å². The second-order valence-corrected chi connectivity index (χ2v) is 10.7. The molecule has 8 nitrogen and oxygen atoms in total. The zero-order valence-electron chi connectivity index (χ0n) is 19.4. The summed E-state index contributed by atoms with van der Waals surface area (Å²) in [6.45, 7) is 6.49. The molecule has 3 amide bonds. The summed E-state index contributed by atoms with van der Waals surface area (Å²) >= 11 is 12.4. The number of rotatable bonds is 7. The Balaban J connectivity index is 1.75. The lowest BCUT2D eigenvalue weighted by Gasteiger charge is -2.28. The Morgan fingerprint density at radius 2 is 1.94 bits per heavy atom. The number of hydrogen-bond acceptors (Lipinski definition) is 4. The lowest BCUT2D eigenvalue weighted by Crippen LogP contribution is -2.51. The summed E-state index contributed by atoms with van der Waals surface area (Å²) < 4.78 is 0.